The number of benzene rings is 2. The Labute approximate surface area is 174 Å². The number of hydrogen-bond acceptors (Lipinski definition) is 5. The lowest BCUT2D eigenvalue weighted by Crippen LogP contribution is -2.33. The third-order valence-electron chi connectivity index (χ3n) is 5.18. The molecule has 3 aromatic rings. The Kier molecular flexibility index (Phi) is 4.99. The highest BCUT2D eigenvalue weighted by molar-refractivity contribution is 6.06. The summed E-state index contributed by atoms with van der Waals surface area (Å²) in [5.74, 6) is -0.362. The molecule has 0 spiro atoms. The molecule has 2 aromatic carbocycles. The molecule has 1 aliphatic heterocycles. The van der Waals surface area contributed by atoms with Crippen molar-refractivity contribution in [2.75, 3.05) is 10.6 Å². The molecular formula is C22H23N5O3. The van der Waals surface area contributed by atoms with E-state index in [1.54, 1.807) is 23.1 Å². The van der Waals surface area contributed by atoms with Gasteiger partial charge in [0, 0.05) is 11.4 Å². The van der Waals surface area contributed by atoms with Gasteiger partial charge in [-0.25, -0.2) is 4.68 Å². The standard InChI is InChI=1S/C22H23N5O3/c1-4-18(30-21-23-13-27(26-21)15-8-6-5-7-9-15)19(28)24-14-10-11-17-16(12-14)22(2,3)20(29)25-17/h5-13,18H,4H2,1-3H3,(H,24,28)(H,25,29). The number of rotatable bonds is 6. The van der Waals surface area contributed by atoms with Crippen molar-refractivity contribution < 1.29 is 14.3 Å². The molecule has 2 amide bonds. The molecule has 30 heavy (non-hydrogen) atoms. The van der Waals surface area contributed by atoms with Crippen molar-refractivity contribution in [3.05, 3.63) is 60.4 Å². The molecule has 0 fully saturated rings. The number of carbonyl (C=O) groups is 2. The number of anilines is 2. The zero-order chi connectivity index (χ0) is 21.3. The van der Waals surface area contributed by atoms with Crippen molar-refractivity contribution in [3.63, 3.8) is 0 Å². The summed E-state index contributed by atoms with van der Waals surface area (Å²) in [6.45, 7) is 5.56. The van der Waals surface area contributed by atoms with E-state index in [2.05, 4.69) is 20.7 Å². The normalized spacial score (nSPS) is 15.2. The van der Waals surface area contributed by atoms with E-state index in [1.165, 1.54) is 0 Å². The maximum absolute atomic E-state index is 12.8. The maximum Gasteiger partial charge on any atom is 0.336 e. The molecule has 0 aliphatic carbocycles. The lowest BCUT2D eigenvalue weighted by molar-refractivity contribution is -0.123. The average molecular weight is 405 g/mol. The Morgan fingerprint density at radius 1 is 1.23 bits per heavy atom. The summed E-state index contributed by atoms with van der Waals surface area (Å²) in [7, 11) is 0. The summed E-state index contributed by atoms with van der Waals surface area (Å²) in [6.07, 6.45) is 1.24. The Morgan fingerprint density at radius 3 is 2.73 bits per heavy atom. The minimum atomic E-state index is -0.752. The molecule has 0 saturated carbocycles. The van der Waals surface area contributed by atoms with Gasteiger partial charge in [0.05, 0.1) is 11.1 Å². The molecule has 4 rings (SSSR count). The average Bonchev–Trinajstić information content (AvgIpc) is 3.30. The number of amides is 2. The molecule has 2 N–H and O–H groups in total. The molecule has 1 unspecified atom stereocenters. The molecule has 8 heteroatoms. The summed E-state index contributed by atoms with van der Waals surface area (Å²) in [5.41, 5.74) is 2.42. The minimum absolute atomic E-state index is 0.0594. The van der Waals surface area contributed by atoms with Crippen LogP contribution in [-0.4, -0.2) is 32.7 Å². The lowest BCUT2D eigenvalue weighted by Gasteiger charge is -2.18. The zero-order valence-corrected chi connectivity index (χ0v) is 17.0. The van der Waals surface area contributed by atoms with E-state index in [9.17, 15) is 9.59 Å². The van der Waals surface area contributed by atoms with E-state index in [0.29, 0.717) is 12.1 Å². The van der Waals surface area contributed by atoms with Crippen molar-refractivity contribution in [2.45, 2.75) is 38.7 Å². The molecule has 1 atom stereocenters. The molecule has 1 aliphatic rings. The van der Waals surface area contributed by atoms with E-state index in [0.717, 1.165) is 16.9 Å². The van der Waals surface area contributed by atoms with E-state index >= 15 is 0 Å². The number of carbonyl (C=O) groups excluding carboxylic acids is 2. The summed E-state index contributed by atoms with van der Waals surface area (Å²) in [6, 6.07) is 15.0. The summed E-state index contributed by atoms with van der Waals surface area (Å²) in [5, 5.41) is 10.0. The second kappa shape index (κ2) is 7.62. The fourth-order valence-corrected chi connectivity index (χ4v) is 3.33. The highest BCUT2D eigenvalue weighted by Gasteiger charge is 2.38. The van der Waals surface area contributed by atoms with E-state index in [-0.39, 0.29) is 17.8 Å². The van der Waals surface area contributed by atoms with Crippen LogP contribution in [0.4, 0.5) is 11.4 Å². The fraction of sp³-hybridized carbons (Fsp3) is 0.273. The molecule has 154 valence electrons. The van der Waals surface area contributed by atoms with Crippen LogP contribution in [0.5, 0.6) is 6.01 Å². The third-order valence-corrected chi connectivity index (χ3v) is 5.18. The first-order valence-corrected chi connectivity index (χ1v) is 9.79. The summed E-state index contributed by atoms with van der Waals surface area (Å²) >= 11 is 0. The summed E-state index contributed by atoms with van der Waals surface area (Å²) in [4.78, 5) is 29.0. The van der Waals surface area contributed by atoms with Crippen LogP contribution in [0.1, 0.15) is 32.8 Å². The lowest BCUT2D eigenvalue weighted by atomic mass is 9.86. The first kappa shape index (κ1) is 19.6. The molecule has 0 radical (unpaired) electrons. The summed E-state index contributed by atoms with van der Waals surface area (Å²) < 4.78 is 7.32. The minimum Gasteiger partial charge on any atom is -0.449 e. The monoisotopic (exact) mass is 405 g/mol. The number of fused-ring (bicyclic) bond motifs is 1. The van der Waals surface area contributed by atoms with Crippen molar-refractivity contribution >= 4 is 23.2 Å². The number of ether oxygens (including phenoxy) is 1. The molecule has 0 bridgehead atoms. The second-order valence-corrected chi connectivity index (χ2v) is 7.65. The van der Waals surface area contributed by atoms with Gasteiger partial charge in [-0.05, 0) is 56.2 Å². The van der Waals surface area contributed by atoms with Crippen LogP contribution < -0.4 is 15.4 Å². The Balaban J connectivity index is 1.46. The second-order valence-electron chi connectivity index (χ2n) is 7.65. The van der Waals surface area contributed by atoms with Gasteiger partial charge in [-0.2, -0.15) is 4.98 Å². The number of nitrogens with one attached hydrogen (secondary N) is 2. The van der Waals surface area contributed by atoms with Crippen LogP contribution in [-0.2, 0) is 15.0 Å². The number of para-hydroxylation sites is 1. The predicted octanol–water partition coefficient (Wildman–Crippen LogP) is 3.29. The SMILES string of the molecule is CCC(Oc1ncn(-c2ccccc2)n1)C(=O)Nc1ccc2c(c1)C(C)(C)C(=O)N2. The highest BCUT2D eigenvalue weighted by atomic mass is 16.5. The molecular weight excluding hydrogens is 382 g/mol. The number of aromatic nitrogens is 3. The van der Waals surface area contributed by atoms with Gasteiger partial charge < -0.3 is 15.4 Å². The van der Waals surface area contributed by atoms with Gasteiger partial charge in [0.1, 0.15) is 6.33 Å². The van der Waals surface area contributed by atoms with Crippen molar-refractivity contribution in [1.82, 2.24) is 14.8 Å². The highest BCUT2D eigenvalue weighted by Crippen LogP contribution is 2.38. The van der Waals surface area contributed by atoms with Gasteiger partial charge in [0.25, 0.3) is 5.91 Å². The van der Waals surface area contributed by atoms with Crippen LogP contribution in [0.25, 0.3) is 5.69 Å². The van der Waals surface area contributed by atoms with Crippen LogP contribution >= 0.6 is 0 Å². The van der Waals surface area contributed by atoms with Crippen LogP contribution in [0.15, 0.2) is 54.9 Å². The first-order chi connectivity index (χ1) is 14.4. The van der Waals surface area contributed by atoms with Gasteiger partial charge in [-0.1, -0.05) is 25.1 Å². The zero-order valence-electron chi connectivity index (χ0n) is 17.0. The largest absolute Gasteiger partial charge is 0.449 e. The Hall–Kier alpha value is -3.68. The molecule has 8 nitrogen and oxygen atoms in total. The van der Waals surface area contributed by atoms with Gasteiger partial charge >= 0.3 is 6.01 Å². The Morgan fingerprint density at radius 2 is 2.00 bits per heavy atom. The van der Waals surface area contributed by atoms with Crippen molar-refractivity contribution in [3.8, 4) is 11.7 Å². The van der Waals surface area contributed by atoms with Gasteiger partial charge in [0.2, 0.25) is 5.91 Å². The van der Waals surface area contributed by atoms with E-state index in [4.69, 9.17) is 4.74 Å². The number of nitrogens with zero attached hydrogens (tertiary/aromatic N) is 3. The topological polar surface area (TPSA) is 98.1 Å². The molecule has 2 heterocycles. The van der Waals surface area contributed by atoms with Crippen LogP contribution in [0, 0.1) is 0 Å². The smallest absolute Gasteiger partial charge is 0.336 e. The van der Waals surface area contributed by atoms with Gasteiger partial charge in [-0.3, -0.25) is 9.59 Å². The quantitative estimate of drug-likeness (QED) is 0.656. The van der Waals surface area contributed by atoms with Crippen LogP contribution in [0.2, 0.25) is 0 Å². The molecule has 0 saturated heterocycles. The predicted molar refractivity (Wildman–Crippen MR) is 113 cm³/mol. The van der Waals surface area contributed by atoms with Gasteiger partial charge in [0.15, 0.2) is 6.10 Å². The Bertz CT molecular complexity index is 1090. The van der Waals surface area contributed by atoms with Crippen LogP contribution in [0.3, 0.4) is 0 Å². The first-order valence-electron chi connectivity index (χ1n) is 9.79. The van der Waals surface area contributed by atoms with Gasteiger partial charge in [-0.15, -0.1) is 5.10 Å². The fourth-order valence-electron chi connectivity index (χ4n) is 3.33. The molecule has 1 aromatic heterocycles. The third kappa shape index (κ3) is 3.63. The maximum atomic E-state index is 12.8. The van der Waals surface area contributed by atoms with Crippen molar-refractivity contribution in [2.24, 2.45) is 0 Å². The van der Waals surface area contributed by atoms with E-state index in [1.807, 2.05) is 57.2 Å². The van der Waals surface area contributed by atoms with E-state index < -0.39 is 11.5 Å². The number of hydrogen-bond donors (Lipinski definition) is 2. The van der Waals surface area contributed by atoms with Crippen molar-refractivity contribution in [1.29, 1.82) is 0 Å².